The lowest BCUT2D eigenvalue weighted by molar-refractivity contribution is -0.0353. The zero-order valence-corrected chi connectivity index (χ0v) is 25.0. The molecule has 0 N–H and O–H groups in total. The maximum absolute atomic E-state index is 12.8. The van der Waals surface area contributed by atoms with E-state index in [1.54, 1.807) is 4.90 Å². The third-order valence-electron chi connectivity index (χ3n) is 9.45. The molecule has 2 amide bonds. The molecule has 1 spiro atoms. The van der Waals surface area contributed by atoms with Crippen LogP contribution in [-0.4, -0.2) is 58.5 Å². The van der Waals surface area contributed by atoms with Gasteiger partial charge in [0.25, 0.3) is 0 Å². The second kappa shape index (κ2) is 10.4. The number of carbonyl (C=O) groups is 2. The highest BCUT2D eigenvalue weighted by Gasteiger charge is 2.51. The Morgan fingerprint density at radius 1 is 1.00 bits per heavy atom. The number of nitrogens with zero attached hydrogens (tertiary/aromatic N) is 4. The van der Waals surface area contributed by atoms with Crippen molar-refractivity contribution in [3.63, 3.8) is 0 Å². The molecule has 3 aromatic rings. The van der Waals surface area contributed by atoms with Gasteiger partial charge < -0.3 is 18.9 Å². The van der Waals surface area contributed by atoms with Crippen molar-refractivity contribution in [3.8, 4) is 0 Å². The highest BCUT2D eigenvalue weighted by molar-refractivity contribution is 5.95. The number of benzene rings is 2. The average molecular weight is 559 g/mol. The second-order valence-electron chi connectivity index (χ2n) is 13.1. The Morgan fingerprint density at radius 2 is 1.73 bits per heavy atom. The molecule has 1 aromatic heterocycles. The Kier molecular flexibility index (Phi) is 6.99. The second-order valence-corrected chi connectivity index (χ2v) is 13.1. The van der Waals surface area contributed by atoms with Gasteiger partial charge in [-0.05, 0) is 89.3 Å². The Balaban J connectivity index is 1.37. The largest absolute Gasteiger partial charge is 0.452 e. The summed E-state index contributed by atoms with van der Waals surface area (Å²) in [6.45, 7) is 9.26. The van der Waals surface area contributed by atoms with E-state index < -0.39 is 5.60 Å². The molecule has 8 nitrogen and oxygen atoms in total. The van der Waals surface area contributed by atoms with Crippen LogP contribution >= 0.6 is 0 Å². The van der Waals surface area contributed by atoms with Crippen LogP contribution in [0.15, 0.2) is 42.5 Å². The molecule has 8 heteroatoms. The van der Waals surface area contributed by atoms with E-state index in [9.17, 15) is 9.59 Å². The van der Waals surface area contributed by atoms with Gasteiger partial charge in [-0.15, -0.1) is 0 Å². The van der Waals surface area contributed by atoms with E-state index in [1.165, 1.54) is 12.7 Å². The Bertz CT molecular complexity index is 1450. The molecule has 41 heavy (non-hydrogen) atoms. The van der Waals surface area contributed by atoms with Crippen molar-refractivity contribution in [1.29, 1.82) is 0 Å². The number of anilines is 1. The van der Waals surface area contributed by atoms with Crippen LogP contribution in [0.25, 0.3) is 11.0 Å². The molecule has 3 aliphatic rings. The average Bonchev–Trinajstić information content (AvgIpc) is 3.29. The summed E-state index contributed by atoms with van der Waals surface area (Å²) in [5, 5.41) is 0. The monoisotopic (exact) mass is 558 g/mol. The zero-order valence-electron chi connectivity index (χ0n) is 25.0. The van der Waals surface area contributed by atoms with Gasteiger partial charge in [-0.1, -0.05) is 30.3 Å². The number of imidazole rings is 1. The first-order valence-corrected chi connectivity index (χ1v) is 15.0. The molecular formula is C33H42N4O4. The normalized spacial score (nSPS) is 21.9. The van der Waals surface area contributed by atoms with Crippen molar-refractivity contribution >= 4 is 28.9 Å². The minimum Gasteiger partial charge on any atom is -0.452 e. The standard InChI is InChI=1S/C33H42N4O4/c1-22-11-12-24-25(36(22)31(39)40-5)13-14-26-29(24)34-28(21-23-9-7-6-8-10-23)37(26)27-15-16-33(27)17-19-35(20-18-33)30(38)41-32(2,3)4/h6-10,13-14,22,27H,11-12,15-21H2,1-5H3/t22-,27?/m0/s1. The minimum atomic E-state index is -0.492. The van der Waals surface area contributed by atoms with Crippen LogP contribution in [0.5, 0.6) is 0 Å². The van der Waals surface area contributed by atoms with Gasteiger partial charge in [0.1, 0.15) is 11.4 Å². The molecule has 0 bridgehead atoms. The number of ether oxygens (including phenoxy) is 2. The van der Waals surface area contributed by atoms with Crippen molar-refractivity contribution in [2.75, 3.05) is 25.1 Å². The number of carbonyl (C=O) groups excluding carboxylic acids is 2. The fourth-order valence-corrected chi connectivity index (χ4v) is 7.20. The van der Waals surface area contributed by atoms with Crippen LogP contribution in [0.3, 0.4) is 0 Å². The summed E-state index contributed by atoms with van der Waals surface area (Å²) in [4.78, 5) is 34.5. The SMILES string of the molecule is COC(=O)N1c2ccc3c(nc(Cc4ccccc4)n3C3CCC34CCN(C(=O)OC(C)(C)C)CC4)c2CC[C@@H]1C. The first-order valence-electron chi connectivity index (χ1n) is 15.0. The fourth-order valence-electron chi connectivity index (χ4n) is 7.20. The topological polar surface area (TPSA) is 76.9 Å². The van der Waals surface area contributed by atoms with E-state index in [4.69, 9.17) is 14.5 Å². The predicted octanol–water partition coefficient (Wildman–Crippen LogP) is 6.89. The summed E-state index contributed by atoms with van der Waals surface area (Å²) >= 11 is 0. The van der Waals surface area contributed by atoms with Gasteiger partial charge in [0, 0.05) is 37.2 Å². The van der Waals surface area contributed by atoms with Crippen LogP contribution in [0.1, 0.15) is 82.8 Å². The van der Waals surface area contributed by atoms with Crippen molar-refractivity contribution in [2.24, 2.45) is 5.41 Å². The summed E-state index contributed by atoms with van der Waals surface area (Å²) in [6, 6.07) is 15.2. The van der Waals surface area contributed by atoms with Gasteiger partial charge in [-0.25, -0.2) is 14.6 Å². The maximum atomic E-state index is 12.8. The van der Waals surface area contributed by atoms with Crippen LogP contribution in [-0.2, 0) is 22.3 Å². The molecule has 1 aliphatic carbocycles. The van der Waals surface area contributed by atoms with Gasteiger partial charge >= 0.3 is 12.2 Å². The predicted molar refractivity (Wildman–Crippen MR) is 159 cm³/mol. The number of hydrogen-bond donors (Lipinski definition) is 0. The molecule has 0 radical (unpaired) electrons. The summed E-state index contributed by atoms with van der Waals surface area (Å²) in [5.41, 5.74) is 5.07. The van der Waals surface area contributed by atoms with Crippen molar-refractivity contribution < 1.29 is 19.1 Å². The lowest BCUT2D eigenvalue weighted by Crippen LogP contribution is -2.52. The van der Waals surface area contributed by atoms with E-state index in [1.807, 2.05) is 31.7 Å². The molecule has 6 rings (SSSR count). The number of aromatic nitrogens is 2. The molecule has 1 saturated heterocycles. The van der Waals surface area contributed by atoms with E-state index >= 15 is 0 Å². The fraction of sp³-hybridized carbons (Fsp3) is 0.545. The summed E-state index contributed by atoms with van der Waals surface area (Å²) in [7, 11) is 1.44. The Labute approximate surface area is 242 Å². The molecule has 2 atom stereocenters. The number of likely N-dealkylation sites (tertiary alicyclic amines) is 1. The molecule has 2 aromatic carbocycles. The molecule has 218 valence electrons. The van der Waals surface area contributed by atoms with Crippen LogP contribution < -0.4 is 4.90 Å². The van der Waals surface area contributed by atoms with E-state index in [0.29, 0.717) is 19.1 Å². The van der Waals surface area contributed by atoms with Crippen LogP contribution in [0.2, 0.25) is 0 Å². The number of rotatable bonds is 3. The van der Waals surface area contributed by atoms with Crippen molar-refractivity contribution in [1.82, 2.24) is 14.5 Å². The number of aryl methyl sites for hydroxylation is 1. The number of methoxy groups -OCH3 is 1. The molecule has 1 unspecified atom stereocenters. The lowest BCUT2D eigenvalue weighted by Gasteiger charge is -2.54. The number of fused-ring (bicyclic) bond motifs is 3. The number of amides is 2. The smallest absolute Gasteiger partial charge is 0.414 e. The molecule has 3 heterocycles. The summed E-state index contributed by atoms with van der Waals surface area (Å²) < 4.78 is 13.3. The van der Waals surface area contributed by atoms with Gasteiger partial charge in [0.2, 0.25) is 0 Å². The number of hydrogen-bond acceptors (Lipinski definition) is 5. The molecule has 2 fully saturated rings. The van der Waals surface area contributed by atoms with Crippen LogP contribution in [0.4, 0.5) is 15.3 Å². The molecule has 2 aliphatic heterocycles. The summed E-state index contributed by atoms with van der Waals surface area (Å²) in [5.74, 6) is 1.07. The lowest BCUT2D eigenvalue weighted by atomic mass is 9.59. The highest BCUT2D eigenvalue weighted by Crippen LogP contribution is 2.58. The highest BCUT2D eigenvalue weighted by atomic mass is 16.6. The maximum Gasteiger partial charge on any atom is 0.414 e. The van der Waals surface area contributed by atoms with Gasteiger partial charge in [-0.3, -0.25) is 4.90 Å². The van der Waals surface area contributed by atoms with E-state index in [2.05, 4.69) is 47.9 Å². The molecular weight excluding hydrogens is 516 g/mol. The van der Waals surface area contributed by atoms with Crippen molar-refractivity contribution in [3.05, 3.63) is 59.4 Å². The zero-order chi connectivity index (χ0) is 28.9. The van der Waals surface area contributed by atoms with E-state index in [0.717, 1.165) is 73.1 Å². The van der Waals surface area contributed by atoms with Crippen LogP contribution in [0, 0.1) is 5.41 Å². The summed E-state index contributed by atoms with van der Waals surface area (Å²) in [6.07, 6.45) is 6.14. The first kappa shape index (κ1) is 27.6. The Morgan fingerprint density at radius 3 is 2.37 bits per heavy atom. The molecule has 1 saturated carbocycles. The Hall–Kier alpha value is -3.55. The van der Waals surface area contributed by atoms with E-state index in [-0.39, 0.29) is 23.6 Å². The minimum absolute atomic E-state index is 0.0725. The third-order valence-corrected chi connectivity index (χ3v) is 9.45. The number of piperidine rings is 1. The first-order chi connectivity index (χ1) is 19.6. The van der Waals surface area contributed by atoms with Gasteiger partial charge in [0.15, 0.2) is 0 Å². The van der Waals surface area contributed by atoms with Gasteiger partial charge in [0.05, 0.1) is 23.8 Å². The van der Waals surface area contributed by atoms with Gasteiger partial charge in [-0.2, -0.15) is 0 Å². The quantitative estimate of drug-likeness (QED) is 0.350. The van der Waals surface area contributed by atoms with Crippen molar-refractivity contribution in [2.45, 2.75) is 90.3 Å². The third kappa shape index (κ3) is 4.95.